The summed E-state index contributed by atoms with van der Waals surface area (Å²) < 4.78 is 0. The van der Waals surface area contributed by atoms with Gasteiger partial charge in [-0.1, -0.05) is 17.7 Å². The van der Waals surface area contributed by atoms with Crippen molar-refractivity contribution in [3.8, 4) is 0 Å². The SMILES string of the molecule is OCCC(O)c1cccnc1Cl. The van der Waals surface area contributed by atoms with Crippen molar-refractivity contribution >= 4 is 11.6 Å². The van der Waals surface area contributed by atoms with Crippen molar-refractivity contribution in [3.63, 3.8) is 0 Å². The van der Waals surface area contributed by atoms with Crippen molar-refractivity contribution in [2.45, 2.75) is 12.5 Å². The lowest BCUT2D eigenvalue weighted by Gasteiger charge is -2.09. The summed E-state index contributed by atoms with van der Waals surface area (Å²) in [5.41, 5.74) is 0.563. The molecule has 1 heterocycles. The molecule has 0 aromatic carbocycles. The molecule has 4 heteroatoms. The quantitative estimate of drug-likeness (QED) is 0.698. The summed E-state index contributed by atoms with van der Waals surface area (Å²) in [5.74, 6) is 0. The molecule has 0 aliphatic carbocycles. The number of aromatic nitrogens is 1. The van der Waals surface area contributed by atoms with E-state index in [4.69, 9.17) is 16.7 Å². The lowest BCUT2D eigenvalue weighted by atomic mass is 10.1. The van der Waals surface area contributed by atoms with Gasteiger partial charge in [0.05, 0.1) is 6.10 Å². The monoisotopic (exact) mass is 187 g/mol. The van der Waals surface area contributed by atoms with Crippen LogP contribution in [-0.4, -0.2) is 21.8 Å². The first kappa shape index (κ1) is 9.45. The van der Waals surface area contributed by atoms with E-state index < -0.39 is 6.10 Å². The fourth-order valence-electron chi connectivity index (χ4n) is 0.925. The highest BCUT2D eigenvalue weighted by atomic mass is 35.5. The lowest BCUT2D eigenvalue weighted by molar-refractivity contribution is 0.134. The molecule has 1 aromatic rings. The van der Waals surface area contributed by atoms with Crippen LogP contribution in [0.15, 0.2) is 18.3 Å². The maximum Gasteiger partial charge on any atom is 0.134 e. The molecular weight excluding hydrogens is 178 g/mol. The lowest BCUT2D eigenvalue weighted by Crippen LogP contribution is -2.01. The van der Waals surface area contributed by atoms with Gasteiger partial charge in [-0.3, -0.25) is 0 Å². The van der Waals surface area contributed by atoms with Crippen molar-refractivity contribution in [1.82, 2.24) is 4.98 Å². The second-order valence-corrected chi connectivity index (χ2v) is 2.77. The minimum atomic E-state index is -0.726. The molecule has 3 nitrogen and oxygen atoms in total. The number of halogens is 1. The predicted molar refractivity (Wildman–Crippen MR) is 45.9 cm³/mol. The average molecular weight is 188 g/mol. The Balaban J connectivity index is 2.79. The number of aliphatic hydroxyl groups is 2. The highest BCUT2D eigenvalue weighted by Crippen LogP contribution is 2.22. The van der Waals surface area contributed by atoms with Gasteiger partial charge in [0.2, 0.25) is 0 Å². The molecule has 0 bridgehead atoms. The Labute approximate surface area is 75.6 Å². The Hall–Kier alpha value is -0.640. The van der Waals surface area contributed by atoms with E-state index in [2.05, 4.69) is 4.98 Å². The van der Waals surface area contributed by atoms with Crippen molar-refractivity contribution in [1.29, 1.82) is 0 Å². The number of rotatable bonds is 3. The van der Waals surface area contributed by atoms with Gasteiger partial charge < -0.3 is 10.2 Å². The van der Waals surface area contributed by atoms with Crippen molar-refractivity contribution in [2.75, 3.05) is 6.61 Å². The molecule has 66 valence electrons. The first-order valence-corrected chi connectivity index (χ1v) is 4.03. The van der Waals surface area contributed by atoms with Gasteiger partial charge >= 0.3 is 0 Å². The third-order valence-electron chi connectivity index (χ3n) is 1.55. The zero-order valence-electron chi connectivity index (χ0n) is 6.44. The number of hydrogen-bond acceptors (Lipinski definition) is 3. The molecule has 12 heavy (non-hydrogen) atoms. The van der Waals surface area contributed by atoms with Gasteiger partial charge in [0.15, 0.2) is 0 Å². The second kappa shape index (κ2) is 4.40. The first-order chi connectivity index (χ1) is 5.75. The van der Waals surface area contributed by atoms with Gasteiger partial charge in [-0.2, -0.15) is 0 Å². The predicted octanol–water partition coefficient (Wildman–Crippen LogP) is 1.15. The third kappa shape index (κ3) is 2.17. The molecule has 0 aliphatic heterocycles. The third-order valence-corrected chi connectivity index (χ3v) is 1.87. The summed E-state index contributed by atoms with van der Waals surface area (Å²) in [4.78, 5) is 3.81. The van der Waals surface area contributed by atoms with Crippen LogP contribution in [0.25, 0.3) is 0 Å². The fraction of sp³-hybridized carbons (Fsp3) is 0.375. The first-order valence-electron chi connectivity index (χ1n) is 3.65. The fourth-order valence-corrected chi connectivity index (χ4v) is 1.17. The summed E-state index contributed by atoms with van der Waals surface area (Å²) in [6.07, 6.45) is 1.11. The standard InChI is InChI=1S/C8H10ClNO2/c9-8-6(2-1-4-10-8)7(12)3-5-11/h1-2,4,7,11-12H,3,5H2. The number of hydrogen-bond donors (Lipinski definition) is 2. The minimum Gasteiger partial charge on any atom is -0.396 e. The van der Waals surface area contributed by atoms with Gasteiger partial charge in [0, 0.05) is 24.8 Å². The van der Waals surface area contributed by atoms with Gasteiger partial charge in [0.25, 0.3) is 0 Å². The summed E-state index contributed by atoms with van der Waals surface area (Å²) in [5, 5.41) is 18.3. The molecule has 0 amide bonds. The van der Waals surface area contributed by atoms with Crippen LogP contribution in [-0.2, 0) is 0 Å². The van der Waals surface area contributed by atoms with Crippen molar-refractivity contribution in [2.24, 2.45) is 0 Å². The van der Waals surface area contributed by atoms with Crippen LogP contribution < -0.4 is 0 Å². The Morgan fingerprint density at radius 2 is 2.33 bits per heavy atom. The molecular formula is C8H10ClNO2. The van der Waals surface area contributed by atoms with Crippen LogP contribution in [0.2, 0.25) is 5.15 Å². The number of aliphatic hydroxyl groups excluding tert-OH is 2. The van der Waals surface area contributed by atoms with Gasteiger partial charge in [0.1, 0.15) is 5.15 Å². The molecule has 2 N–H and O–H groups in total. The van der Waals surface area contributed by atoms with Crippen LogP contribution in [0.4, 0.5) is 0 Å². The summed E-state index contributed by atoms with van der Waals surface area (Å²) in [6, 6.07) is 3.39. The second-order valence-electron chi connectivity index (χ2n) is 2.41. The van der Waals surface area contributed by atoms with E-state index in [1.54, 1.807) is 18.3 Å². The van der Waals surface area contributed by atoms with E-state index in [1.165, 1.54) is 0 Å². The molecule has 0 saturated carbocycles. The van der Waals surface area contributed by atoms with Crippen LogP contribution in [0.5, 0.6) is 0 Å². The van der Waals surface area contributed by atoms with E-state index >= 15 is 0 Å². The average Bonchev–Trinajstić information content (AvgIpc) is 2.05. The van der Waals surface area contributed by atoms with E-state index in [0.717, 1.165) is 0 Å². The van der Waals surface area contributed by atoms with E-state index in [1.807, 2.05) is 0 Å². The largest absolute Gasteiger partial charge is 0.396 e. The maximum absolute atomic E-state index is 9.42. The van der Waals surface area contributed by atoms with Crippen LogP contribution in [0.3, 0.4) is 0 Å². The Bertz CT molecular complexity index is 255. The Morgan fingerprint density at radius 1 is 1.58 bits per heavy atom. The Kier molecular flexibility index (Phi) is 3.47. The van der Waals surface area contributed by atoms with Crippen molar-refractivity contribution in [3.05, 3.63) is 29.0 Å². The maximum atomic E-state index is 9.42. The zero-order valence-corrected chi connectivity index (χ0v) is 7.20. The van der Waals surface area contributed by atoms with E-state index in [9.17, 15) is 5.11 Å². The molecule has 1 aromatic heterocycles. The van der Waals surface area contributed by atoms with E-state index in [0.29, 0.717) is 10.7 Å². The molecule has 0 spiro atoms. The Morgan fingerprint density at radius 3 is 2.92 bits per heavy atom. The molecule has 1 unspecified atom stereocenters. The van der Waals surface area contributed by atoms with Crippen LogP contribution in [0, 0.1) is 0 Å². The summed E-state index contributed by atoms with van der Waals surface area (Å²) >= 11 is 5.70. The summed E-state index contributed by atoms with van der Waals surface area (Å²) in [7, 11) is 0. The van der Waals surface area contributed by atoms with Crippen LogP contribution >= 0.6 is 11.6 Å². The highest BCUT2D eigenvalue weighted by Gasteiger charge is 2.10. The highest BCUT2D eigenvalue weighted by molar-refractivity contribution is 6.30. The molecule has 1 rings (SSSR count). The minimum absolute atomic E-state index is 0.0631. The van der Waals surface area contributed by atoms with Crippen LogP contribution in [0.1, 0.15) is 18.1 Å². The molecule has 0 radical (unpaired) electrons. The topological polar surface area (TPSA) is 53.4 Å². The molecule has 0 saturated heterocycles. The van der Waals surface area contributed by atoms with Crippen molar-refractivity contribution < 1.29 is 10.2 Å². The number of pyridine rings is 1. The summed E-state index contributed by atoms with van der Waals surface area (Å²) in [6.45, 7) is -0.0631. The molecule has 0 aliphatic rings. The van der Waals surface area contributed by atoms with Gasteiger partial charge in [-0.15, -0.1) is 0 Å². The normalized spacial score (nSPS) is 12.9. The zero-order chi connectivity index (χ0) is 8.97. The molecule has 1 atom stereocenters. The van der Waals surface area contributed by atoms with Gasteiger partial charge in [-0.25, -0.2) is 4.98 Å². The molecule has 0 fully saturated rings. The van der Waals surface area contributed by atoms with E-state index in [-0.39, 0.29) is 13.0 Å². The number of nitrogens with zero attached hydrogens (tertiary/aromatic N) is 1. The smallest absolute Gasteiger partial charge is 0.134 e. The van der Waals surface area contributed by atoms with Gasteiger partial charge in [-0.05, 0) is 6.07 Å².